The second kappa shape index (κ2) is 13.9. The van der Waals surface area contributed by atoms with Crippen molar-refractivity contribution in [2.24, 2.45) is 5.92 Å². The molecule has 7 nitrogen and oxygen atoms in total. The number of nitrogens with zero attached hydrogens (tertiary/aromatic N) is 2. The van der Waals surface area contributed by atoms with Crippen molar-refractivity contribution in [3.05, 3.63) is 65.2 Å². The predicted molar refractivity (Wildman–Crippen MR) is 147 cm³/mol. The van der Waals surface area contributed by atoms with Crippen LogP contribution in [0.1, 0.15) is 74.4 Å². The Morgan fingerprint density at radius 3 is 2.27 bits per heavy atom. The van der Waals surface area contributed by atoms with Gasteiger partial charge in [0.2, 0.25) is 5.91 Å². The molecule has 0 saturated carbocycles. The van der Waals surface area contributed by atoms with E-state index < -0.39 is 17.9 Å². The zero-order chi connectivity index (χ0) is 26.8. The monoisotopic (exact) mass is 507 g/mol. The fourth-order valence-corrected chi connectivity index (χ4v) is 4.98. The summed E-state index contributed by atoms with van der Waals surface area (Å²) in [7, 11) is 0. The molecule has 0 spiro atoms. The summed E-state index contributed by atoms with van der Waals surface area (Å²) in [5.74, 6) is -1.03. The van der Waals surface area contributed by atoms with Gasteiger partial charge in [0.1, 0.15) is 6.04 Å². The van der Waals surface area contributed by atoms with Crippen LogP contribution in [0.2, 0.25) is 0 Å². The van der Waals surface area contributed by atoms with Crippen molar-refractivity contribution in [2.75, 3.05) is 24.5 Å². The van der Waals surface area contributed by atoms with Gasteiger partial charge in [-0.25, -0.2) is 4.79 Å². The maximum absolute atomic E-state index is 13.2. The third kappa shape index (κ3) is 8.71. The lowest BCUT2D eigenvalue weighted by molar-refractivity contribution is -0.139. The first-order chi connectivity index (χ1) is 17.7. The molecule has 2 N–H and O–H groups in total. The van der Waals surface area contributed by atoms with Crippen LogP contribution in [-0.2, 0) is 22.6 Å². The number of benzene rings is 2. The second-order valence-electron chi connectivity index (χ2n) is 10.5. The normalized spacial score (nSPS) is 16.3. The van der Waals surface area contributed by atoms with E-state index in [-0.39, 0.29) is 12.3 Å². The van der Waals surface area contributed by atoms with Crippen LogP contribution in [0.3, 0.4) is 0 Å². The molecule has 1 aliphatic rings. The van der Waals surface area contributed by atoms with Crippen molar-refractivity contribution in [3.8, 4) is 0 Å². The molecule has 0 fully saturated rings. The number of carbonyl (C=O) groups is 3. The van der Waals surface area contributed by atoms with E-state index in [9.17, 15) is 19.5 Å². The van der Waals surface area contributed by atoms with E-state index in [1.807, 2.05) is 47.4 Å². The quantitative estimate of drug-likeness (QED) is 0.557. The average Bonchev–Trinajstić information content (AvgIpc) is 2.84. The van der Waals surface area contributed by atoms with Crippen molar-refractivity contribution < 1.29 is 19.5 Å². The number of rotatable bonds is 7. The van der Waals surface area contributed by atoms with Gasteiger partial charge in [-0.2, -0.15) is 0 Å². The molecule has 0 aliphatic carbocycles. The molecule has 0 bridgehead atoms. The third-order valence-electron chi connectivity index (χ3n) is 6.77. The van der Waals surface area contributed by atoms with Gasteiger partial charge >= 0.3 is 5.97 Å². The number of aliphatic carboxylic acids is 1. The van der Waals surface area contributed by atoms with Gasteiger partial charge in [0.05, 0.1) is 0 Å². The fourth-order valence-electron chi connectivity index (χ4n) is 4.98. The molecule has 0 saturated heterocycles. The highest BCUT2D eigenvalue weighted by atomic mass is 16.4. The number of hydrogen-bond donors (Lipinski definition) is 2. The minimum absolute atomic E-state index is 0.0141. The molecule has 0 unspecified atom stereocenters. The van der Waals surface area contributed by atoms with Crippen LogP contribution in [0.5, 0.6) is 0 Å². The van der Waals surface area contributed by atoms with Crippen LogP contribution in [0.15, 0.2) is 48.5 Å². The van der Waals surface area contributed by atoms with Gasteiger partial charge in [0, 0.05) is 44.2 Å². The van der Waals surface area contributed by atoms with Gasteiger partial charge in [-0.05, 0) is 54.6 Å². The Morgan fingerprint density at radius 1 is 0.946 bits per heavy atom. The molecule has 2 aromatic carbocycles. The highest BCUT2D eigenvalue weighted by molar-refractivity contribution is 5.98. The van der Waals surface area contributed by atoms with E-state index in [1.54, 1.807) is 13.0 Å². The first-order valence-electron chi connectivity index (χ1n) is 13.5. The molecule has 2 amide bonds. The van der Waals surface area contributed by atoms with E-state index in [0.717, 1.165) is 49.2 Å². The standard InChI is InChI=1S/C30H41N3O4/c1-22(2)20-32-16-10-5-4-6-11-17-33(23(3)34)28-15-14-25(19-26(28)21-32)29(35)31-27(30(36)37)18-24-12-8-7-9-13-24/h7-9,12-15,19,22,27H,4-6,10-11,16-18,20-21H2,1-3H3,(H,31,35)(H,36,37)/t27-/m0/s1. The molecule has 0 aromatic heterocycles. The van der Waals surface area contributed by atoms with Crippen LogP contribution in [-0.4, -0.2) is 53.5 Å². The van der Waals surface area contributed by atoms with E-state index in [1.165, 1.54) is 12.8 Å². The van der Waals surface area contributed by atoms with Gasteiger partial charge in [-0.3, -0.25) is 14.5 Å². The lowest BCUT2D eigenvalue weighted by Gasteiger charge is -2.30. The number of hydrogen-bond acceptors (Lipinski definition) is 4. The van der Waals surface area contributed by atoms with Gasteiger partial charge in [-0.1, -0.05) is 63.4 Å². The highest BCUT2D eigenvalue weighted by Crippen LogP contribution is 2.26. The summed E-state index contributed by atoms with van der Waals surface area (Å²) in [5, 5.41) is 12.4. The zero-order valence-electron chi connectivity index (χ0n) is 22.4. The van der Waals surface area contributed by atoms with Gasteiger partial charge in [0.25, 0.3) is 5.91 Å². The van der Waals surface area contributed by atoms with E-state index in [0.29, 0.717) is 24.6 Å². The SMILES string of the molecule is CC(=O)N1CCCCCCCN(CC(C)C)Cc2cc(C(=O)N[C@@H](Cc3ccccc3)C(=O)O)ccc21. The molecule has 3 rings (SSSR count). The Morgan fingerprint density at radius 2 is 1.62 bits per heavy atom. The number of carbonyl (C=O) groups excluding carboxylic acids is 2. The molecule has 1 aliphatic heterocycles. The van der Waals surface area contributed by atoms with Crippen molar-refractivity contribution in [2.45, 2.75) is 71.9 Å². The van der Waals surface area contributed by atoms with Gasteiger partial charge in [-0.15, -0.1) is 0 Å². The van der Waals surface area contributed by atoms with Crippen molar-refractivity contribution in [1.82, 2.24) is 10.2 Å². The summed E-state index contributed by atoms with van der Waals surface area (Å²) in [6.07, 6.45) is 5.69. The minimum Gasteiger partial charge on any atom is -0.480 e. The van der Waals surface area contributed by atoms with E-state index in [2.05, 4.69) is 24.1 Å². The molecule has 200 valence electrons. The summed E-state index contributed by atoms with van der Waals surface area (Å²) in [6, 6.07) is 13.6. The maximum Gasteiger partial charge on any atom is 0.326 e. The van der Waals surface area contributed by atoms with Crippen molar-refractivity contribution in [1.29, 1.82) is 0 Å². The second-order valence-corrected chi connectivity index (χ2v) is 10.5. The van der Waals surface area contributed by atoms with Crippen LogP contribution in [0.25, 0.3) is 0 Å². The smallest absolute Gasteiger partial charge is 0.326 e. The number of carboxylic acids is 1. The summed E-state index contributed by atoms with van der Waals surface area (Å²) in [5.41, 5.74) is 2.99. The molecular formula is C30H41N3O4. The van der Waals surface area contributed by atoms with E-state index >= 15 is 0 Å². The highest BCUT2D eigenvalue weighted by Gasteiger charge is 2.24. The largest absolute Gasteiger partial charge is 0.480 e. The van der Waals surface area contributed by atoms with Crippen LogP contribution < -0.4 is 10.2 Å². The Balaban J connectivity index is 1.91. The number of carboxylic acid groups (broad SMARTS) is 1. The Hall–Kier alpha value is -3.19. The number of fused-ring (bicyclic) bond motifs is 1. The molecule has 37 heavy (non-hydrogen) atoms. The first-order valence-corrected chi connectivity index (χ1v) is 13.5. The number of nitrogens with one attached hydrogen (secondary N) is 1. The van der Waals surface area contributed by atoms with Crippen LogP contribution in [0.4, 0.5) is 5.69 Å². The number of anilines is 1. The lowest BCUT2D eigenvalue weighted by Crippen LogP contribution is -2.42. The van der Waals surface area contributed by atoms with Gasteiger partial charge < -0.3 is 15.3 Å². The molecule has 7 heteroatoms. The molecular weight excluding hydrogens is 466 g/mol. The number of amides is 2. The zero-order valence-corrected chi connectivity index (χ0v) is 22.4. The predicted octanol–water partition coefficient (Wildman–Crippen LogP) is 4.89. The maximum atomic E-state index is 13.2. The first kappa shape index (κ1) is 28.4. The van der Waals surface area contributed by atoms with E-state index in [4.69, 9.17) is 0 Å². The van der Waals surface area contributed by atoms with Crippen LogP contribution in [0, 0.1) is 5.92 Å². The average molecular weight is 508 g/mol. The summed E-state index contributed by atoms with van der Waals surface area (Å²) >= 11 is 0. The Kier molecular flexibility index (Phi) is 10.7. The lowest BCUT2D eigenvalue weighted by atomic mass is 10.0. The van der Waals surface area contributed by atoms with Gasteiger partial charge in [0.15, 0.2) is 0 Å². The summed E-state index contributed by atoms with van der Waals surface area (Å²) in [4.78, 5) is 42.0. The third-order valence-corrected chi connectivity index (χ3v) is 6.77. The molecule has 2 aromatic rings. The summed E-state index contributed by atoms with van der Waals surface area (Å²) < 4.78 is 0. The molecule has 0 radical (unpaired) electrons. The summed E-state index contributed by atoms with van der Waals surface area (Å²) in [6.45, 7) is 9.15. The molecule has 1 heterocycles. The van der Waals surface area contributed by atoms with Crippen molar-refractivity contribution in [3.63, 3.8) is 0 Å². The Labute approximate surface area is 220 Å². The minimum atomic E-state index is -1.07. The van der Waals surface area contributed by atoms with Crippen molar-refractivity contribution >= 4 is 23.5 Å². The Bertz CT molecular complexity index is 1050. The molecule has 1 atom stereocenters. The van der Waals surface area contributed by atoms with Crippen LogP contribution >= 0.6 is 0 Å². The topological polar surface area (TPSA) is 90.0 Å². The fraction of sp³-hybridized carbons (Fsp3) is 0.500.